The van der Waals surface area contributed by atoms with Crippen molar-refractivity contribution in [3.63, 3.8) is 0 Å². The molecule has 24 heavy (non-hydrogen) atoms. The summed E-state index contributed by atoms with van der Waals surface area (Å²) in [5.41, 5.74) is 4.34. The van der Waals surface area contributed by atoms with Crippen molar-refractivity contribution in [3.8, 4) is 0 Å². The average Bonchev–Trinajstić information content (AvgIpc) is 2.58. The number of aromatic nitrogens is 3. The lowest BCUT2D eigenvalue weighted by Gasteiger charge is -2.09. The van der Waals surface area contributed by atoms with Crippen molar-refractivity contribution in [3.05, 3.63) is 64.3 Å². The first kappa shape index (κ1) is 16.4. The van der Waals surface area contributed by atoms with E-state index in [1.807, 2.05) is 37.3 Å². The van der Waals surface area contributed by atoms with Gasteiger partial charge in [0.15, 0.2) is 5.82 Å². The highest BCUT2D eigenvalue weighted by Gasteiger charge is 2.05. The van der Waals surface area contributed by atoms with Crippen molar-refractivity contribution in [1.29, 1.82) is 0 Å². The first-order valence-electron chi connectivity index (χ1n) is 7.73. The maximum Gasteiger partial charge on any atom is 0.249 e. The molecule has 0 saturated carbocycles. The molecule has 1 heterocycles. The van der Waals surface area contributed by atoms with Gasteiger partial charge in [-0.15, -0.1) is 5.10 Å². The Bertz CT molecular complexity index is 833. The summed E-state index contributed by atoms with van der Waals surface area (Å²) < 4.78 is 0.958. The molecule has 5 nitrogen and oxygen atoms in total. The van der Waals surface area contributed by atoms with Gasteiger partial charge in [0.1, 0.15) is 0 Å². The number of rotatable bonds is 5. The first-order valence-corrected chi connectivity index (χ1v) is 8.52. The molecule has 0 saturated heterocycles. The van der Waals surface area contributed by atoms with Crippen molar-refractivity contribution in [2.45, 2.75) is 20.3 Å². The number of hydrogen-bond acceptors (Lipinski definition) is 5. The highest BCUT2D eigenvalue weighted by Crippen LogP contribution is 2.25. The fraction of sp³-hybridized carbons (Fsp3) is 0.167. The van der Waals surface area contributed by atoms with Crippen LogP contribution in [-0.2, 0) is 6.42 Å². The quantitative estimate of drug-likeness (QED) is 0.649. The molecule has 2 N–H and O–H groups in total. The number of aryl methyl sites for hydroxylation is 2. The van der Waals surface area contributed by atoms with Crippen LogP contribution in [0.3, 0.4) is 0 Å². The molecule has 0 aliphatic carbocycles. The highest BCUT2D eigenvalue weighted by molar-refractivity contribution is 9.10. The Morgan fingerprint density at radius 1 is 1.04 bits per heavy atom. The third kappa shape index (κ3) is 4.08. The summed E-state index contributed by atoms with van der Waals surface area (Å²) in [7, 11) is 0. The van der Waals surface area contributed by atoms with E-state index in [4.69, 9.17) is 0 Å². The molecular formula is C18H18BrN5. The van der Waals surface area contributed by atoms with Gasteiger partial charge in [0, 0.05) is 10.2 Å². The minimum Gasteiger partial charge on any atom is -0.339 e. The number of hydrogen-bond donors (Lipinski definition) is 2. The van der Waals surface area contributed by atoms with Gasteiger partial charge in [0.25, 0.3) is 0 Å². The van der Waals surface area contributed by atoms with Gasteiger partial charge in [-0.25, -0.2) is 0 Å². The van der Waals surface area contributed by atoms with Crippen LogP contribution in [0, 0.1) is 6.92 Å². The first-order chi connectivity index (χ1) is 11.6. The standard InChI is InChI=1S/C18H18BrN5/c1-3-13-5-7-14(8-6-13)21-17-11-20-24-18(23-17)22-16-9-4-12(2)10-15(16)19/h4-11H,3H2,1-2H3,(H2,21,22,23,24). The van der Waals surface area contributed by atoms with E-state index in [1.165, 1.54) is 11.1 Å². The van der Waals surface area contributed by atoms with E-state index in [0.29, 0.717) is 11.8 Å². The van der Waals surface area contributed by atoms with E-state index >= 15 is 0 Å². The van der Waals surface area contributed by atoms with Crippen molar-refractivity contribution >= 4 is 39.1 Å². The van der Waals surface area contributed by atoms with Crippen LogP contribution in [0.25, 0.3) is 0 Å². The molecule has 2 aromatic carbocycles. The Labute approximate surface area is 149 Å². The molecule has 0 bridgehead atoms. The molecule has 122 valence electrons. The van der Waals surface area contributed by atoms with Crippen LogP contribution in [-0.4, -0.2) is 15.2 Å². The van der Waals surface area contributed by atoms with Crippen LogP contribution in [0.15, 0.2) is 53.1 Å². The minimum atomic E-state index is 0.440. The lowest BCUT2D eigenvalue weighted by atomic mass is 10.1. The molecule has 0 fully saturated rings. The third-order valence-corrected chi connectivity index (χ3v) is 4.22. The predicted molar refractivity (Wildman–Crippen MR) is 101 cm³/mol. The Morgan fingerprint density at radius 2 is 1.83 bits per heavy atom. The zero-order valence-corrected chi connectivity index (χ0v) is 15.1. The predicted octanol–water partition coefficient (Wildman–Crippen LogP) is 4.99. The Morgan fingerprint density at radius 3 is 2.54 bits per heavy atom. The van der Waals surface area contributed by atoms with Crippen molar-refractivity contribution in [2.24, 2.45) is 0 Å². The van der Waals surface area contributed by atoms with E-state index in [2.05, 4.69) is 60.8 Å². The van der Waals surface area contributed by atoms with Crippen LogP contribution in [0.1, 0.15) is 18.1 Å². The monoisotopic (exact) mass is 383 g/mol. The van der Waals surface area contributed by atoms with Gasteiger partial charge >= 0.3 is 0 Å². The summed E-state index contributed by atoms with van der Waals surface area (Å²) in [6, 6.07) is 14.3. The third-order valence-electron chi connectivity index (χ3n) is 3.56. The SMILES string of the molecule is CCc1ccc(Nc2cnnc(Nc3ccc(C)cc3Br)n2)cc1. The largest absolute Gasteiger partial charge is 0.339 e. The molecule has 1 aromatic heterocycles. The molecule has 0 aliphatic rings. The van der Waals surface area contributed by atoms with Crippen LogP contribution in [0.4, 0.5) is 23.1 Å². The minimum absolute atomic E-state index is 0.440. The van der Waals surface area contributed by atoms with Gasteiger partial charge in [-0.2, -0.15) is 10.1 Å². The Hall–Kier alpha value is -2.47. The summed E-state index contributed by atoms with van der Waals surface area (Å²) >= 11 is 3.54. The van der Waals surface area contributed by atoms with E-state index in [1.54, 1.807) is 6.20 Å². The van der Waals surface area contributed by atoms with Gasteiger partial charge < -0.3 is 10.6 Å². The average molecular weight is 384 g/mol. The second-order valence-corrected chi connectivity index (χ2v) is 6.30. The van der Waals surface area contributed by atoms with Gasteiger partial charge in [0.2, 0.25) is 5.95 Å². The topological polar surface area (TPSA) is 62.7 Å². The Balaban J connectivity index is 1.75. The summed E-state index contributed by atoms with van der Waals surface area (Å²) in [5.74, 6) is 1.08. The lowest BCUT2D eigenvalue weighted by molar-refractivity contribution is 0.982. The van der Waals surface area contributed by atoms with Crippen LogP contribution in [0.5, 0.6) is 0 Å². The van der Waals surface area contributed by atoms with E-state index in [9.17, 15) is 0 Å². The second kappa shape index (κ2) is 7.40. The van der Waals surface area contributed by atoms with E-state index in [0.717, 1.165) is 22.3 Å². The van der Waals surface area contributed by atoms with Gasteiger partial charge in [0.05, 0.1) is 11.9 Å². The maximum absolute atomic E-state index is 4.45. The fourth-order valence-electron chi connectivity index (χ4n) is 2.23. The smallest absolute Gasteiger partial charge is 0.249 e. The number of halogens is 1. The molecule has 0 unspecified atom stereocenters. The molecular weight excluding hydrogens is 366 g/mol. The van der Waals surface area contributed by atoms with E-state index < -0.39 is 0 Å². The van der Waals surface area contributed by atoms with Crippen molar-refractivity contribution in [2.75, 3.05) is 10.6 Å². The second-order valence-electron chi connectivity index (χ2n) is 5.45. The van der Waals surface area contributed by atoms with Gasteiger partial charge in [-0.05, 0) is 64.7 Å². The van der Waals surface area contributed by atoms with Crippen LogP contribution < -0.4 is 10.6 Å². The zero-order chi connectivity index (χ0) is 16.9. The summed E-state index contributed by atoms with van der Waals surface area (Å²) in [6.45, 7) is 4.18. The molecule has 0 amide bonds. The summed E-state index contributed by atoms with van der Waals surface area (Å²) in [4.78, 5) is 4.45. The number of nitrogens with zero attached hydrogens (tertiary/aromatic N) is 3. The maximum atomic E-state index is 4.45. The summed E-state index contributed by atoms with van der Waals surface area (Å²) in [5, 5.41) is 14.5. The normalized spacial score (nSPS) is 10.5. The number of benzene rings is 2. The highest BCUT2D eigenvalue weighted by atomic mass is 79.9. The molecule has 3 aromatic rings. The Kier molecular flexibility index (Phi) is 5.05. The van der Waals surface area contributed by atoms with Crippen molar-refractivity contribution in [1.82, 2.24) is 15.2 Å². The molecule has 0 radical (unpaired) electrons. The fourth-order valence-corrected chi connectivity index (χ4v) is 2.82. The zero-order valence-electron chi connectivity index (χ0n) is 13.5. The van der Waals surface area contributed by atoms with Gasteiger partial charge in [-0.1, -0.05) is 25.1 Å². The number of anilines is 4. The molecule has 0 aliphatic heterocycles. The van der Waals surface area contributed by atoms with Crippen molar-refractivity contribution < 1.29 is 0 Å². The molecule has 0 atom stereocenters. The summed E-state index contributed by atoms with van der Waals surface area (Å²) in [6.07, 6.45) is 2.62. The van der Waals surface area contributed by atoms with E-state index in [-0.39, 0.29) is 0 Å². The van der Waals surface area contributed by atoms with Crippen LogP contribution in [0.2, 0.25) is 0 Å². The molecule has 0 spiro atoms. The lowest BCUT2D eigenvalue weighted by Crippen LogP contribution is -2.02. The number of nitrogens with one attached hydrogen (secondary N) is 2. The van der Waals surface area contributed by atoms with Crippen LogP contribution >= 0.6 is 15.9 Å². The van der Waals surface area contributed by atoms with Gasteiger partial charge in [-0.3, -0.25) is 0 Å². The molecule has 3 rings (SSSR count). The molecule has 6 heteroatoms.